The summed E-state index contributed by atoms with van der Waals surface area (Å²) in [7, 11) is 0. The molecule has 2 unspecified atom stereocenters. The van der Waals surface area contributed by atoms with E-state index in [1.165, 1.54) is 11.3 Å². The molecule has 2 atom stereocenters. The minimum absolute atomic E-state index is 0.0135. The average Bonchev–Trinajstić information content (AvgIpc) is 2.86. The highest BCUT2D eigenvalue weighted by Crippen LogP contribution is 2.27. The van der Waals surface area contributed by atoms with Crippen molar-refractivity contribution < 1.29 is 4.79 Å². The monoisotopic (exact) mass is 253 g/mol. The molecule has 1 aliphatic carbocycles. The van der Waals surface area contributed by atoms with Crippen molar-refractivity contribution in [3.63, 3.8) is 0 Å². The van der Waals surface area contributed by atoms with Crippen LogP contribution < -0.4 is 11.1 Å². The van der Waals surface area contributed by atoms with Crippen molar-refractivity contribution in [1.29, 1.82) is 0 Å². The minimum Gasteiger partial charge on any atom is -0.327 e. The molecule has 0 aromatic carbocycles. The van der Waals surface area contributed by atoms with Crippen molar-refractivity contribution in [2.45, 2.75) is 45.1 Å². The number of nitrogens with two attached hydrogens (primary N) is 1. The van der Waals surface area contributed by atoms with Crippen LogP contribution in [0.2, 0.25) is 0 Å². The van der Waals surface area contributed by atoms with Crippen molar-refractivity contribution in [3.8, 4) is 0 Å². The van der Waals surface area contributed by atoms with Gasteiger partial charge in [-0.1, -0.05) is 20.3 Å². The smallest absolute Gasteiger partial charge is 0.230 e. The van der Waals surface area contributed by atoms with Crippen LogP contribution in [0.5, 0.6) is 0 Å². The molecule has 2 rings (SSSR count). The van der Waals surface area contributed by atoms with Gasteiger partial charge in [-0.3, -0.25) is 4.79 Å². The van der Waals surface area contributed by atoms with E-state index in [4.69, 9.17) is 5.73 Å². The molecule has 1 saturated carbocycles. The van der Waals surface area contributed by atoms with Gasteiger partial charge in [0.15, 0.2) is 5.13 Å². The van der Waals surface area contributed by atoms with E-state index in [1.54, 1.807) is 0 Å². The summed E-state index contributed by atoms with van der Waals surface area (Å²) in [6.07, 6.45) is 2.90. The van der Waals surface area contributed by atoms with Crippen LogP contribution in [-0.4, -0.2) is 16.9 Å². The minimum atomic E-state index is -0.0404. The number of carbonyl (C=O) groups is 1. The zero-order chi connectivity index (χ0) is 12.4. The van der Waals surface area contributed by atoms with Gasteiger partial charge in [0, 0.05) is 11.4 Å². The van der Waals surface area contributed by atoms with Crippen LogP contribution in [0.1, 0.15) is 44.7 Å². The first-order valence-electron chi connectivity index (χ1n) is 6.10. The number of nitrogens with one attached hydrogen (secondary N) is 1. The van der Waals surface area contributed by atoms with Gasteiger partial charge in [-0.15, -0.1) is 11.3 Å². The summed E-state index contributed by atoms with van der Waals surface area (Å²) in [5, 5.41) is 5.57. The maximum atomic E-state index is 12.0. The Morgan fingerprint density at radius 2 is 2.35 bits per heavy atom. The van der Waals surface area contributed by atoms with Crippen molar-refractivity contribution >= 4 is 22.4 Å². The summed E-state index contributed by atoms with van der Waals surface area (Å²) >= 11 is 1.48. The Bertz CT molecular complexity index is 402. The molecule has 17 heavy (non-hydrogen) atoms. The second kappa shape index (κ2) is 5.14. The summed E-state index contributed by atoms with van der Waals surface area (Å²) < 4.78 is 0. The first-order chi connectivity index (χ1) is 8.08. The number of hydrogen-bond acceptors (Lipinski definition) is 4. The first kappa shape index (κ1) is 12.5. The van der Waals surface area contributed by atoms with Gasteiger partial charge in [0.05, 0.1) is 11.6 Å². The van der Waals surface area contributed by atoms with E-state index in [1.807, 2.05) is 5.38 Å². The highest BCUT2D eigenvalue weighted by molar-refractivity contribution is 7.13. The highest BCUT2D eigenvalue weighted by atomic mass is 32.1. The molecule has 0 aliphatic heterocycles. The lowest BCUT2D eigenvalue weighted by molar-refractivity contribution is -0.120. The molecule has 1 fully saturated rings. The number of anilines is 1. The van der Waals surface area contributed by atoms with Crippen molar-refractivity contribution in [2.75, 3.05) is 5.32 Å². The molecule has 0 bridgehead atoms. The molecular weight excluding hydrogens is 234 g/mol. The van der Waals surface area contributed by atoms with Crippen LogP contribution in [0.3, 0.4) is 0 Å². The number of nitrogens with zero attached hydrogens (tertiary/aromatic N) is 1. The van der Waals surface area contributed by atoms with Crippen LogP contribution in [0, 0.1) is 5.92 Å². The molecule has 1 amide bonds. The standard InChI is InChI=1S/C12H19N3OS/c1-7(2)10-6-17-12(14-10)15-11(16)8-4-3-5-9(8)13/h6-9H,3-5,13H2,1-2H3,(H,14,15,16). The van der Waals surface area contributed by atoms with E-state index >= 15 is 0 Å². The number of thiazole rings is 1. The third-order valence-corrected chi connectivity index (χ3v) is 4.03. The molecule has 4 nitrogen and oxygen atoms in total. The average molecular weight is 253 g/mol. The predicted octanol–water partition coefficient (Wildman–Crippen LogP) is 2.33. The fourth-order valence-electron chi connectivity index (χ4n) is 2.12. The third kappa shape index (κ3) is 2.84. The molecule has 1 aliphatic rings. The summed E-state index contributed by atoms with van der Waals surface area (Å²) in [6, 6.07) is 0.0135. The maximum Gasteiger partial charge on any atom is 0.230 e. The summed E-state index contributed by atoms with van der Waals surface area (Å²) in [5.41, 5.74) is 6.94. The van der Waals surface area contributed by atoms with Crippen LogP contribution in [0.25, 0.3) is 0 Å². The van der Waals surface area contributed by atoms with E-state index in [2.05, 4.69) is 24.1 Å². The highest BCUT2D eigenvalue weighted by Gasteiger charge is 2.30. The molecule has 3 N–H and O–H groups in total. The van der Waals surface area contributed by atoms with Gasteiger partial charge in [0.2, 0.25) is 5.91 Å². The Balaban J connectivity index is 1.97. The molecule has 0 saturated heterocycles. The Labute approximate surface area is 106 Å². The third-order valence-electron chi connectivity index (χ3n) is 3.25. The SMILES string of the molecule is CC(C)c1csc(NC(=O)C2CCCC2N)n1. The van der Waals surface area contributed by atoms with Gasteiger partial charge in [-0.2, -0.15) is 0 Å². The number of rotatable bonds is 3. The molecule has 1 heterocycles. The molecule has 1 aromatic rings. The zero-order valence-corrected chi connectivity index (χ0v) is 11.1. The molecular formula is C12H19N3OS. The summed E-state index contributed by atoms with van der Waals surface area (Å²) in [4.78, 5) is 16.4. The molecule has 1 aromatic heterocycles. The topological polar surface area (TPSA) is 68.0 Å². The second-order valence-corrected chi connectivity index (χ2v) is 5.78. The Morgan fingerprint density at radius 3 is 2.88 bits per heavy atom. The van der Waals surface area contributed by atoms with E-state index in [-0.39, 0.29) is 17.9 Å². The number of aromatic nitrogens is 1. The van der Waals surface area contributed by atoms with Crippen LogP contribution >= 0.6 is 11.3 Å². The second-order valence-electron chi connectivity index (χ2n) is 4.92. The van der Waals surface area contributed by atoms with Crippen molar-refractivity contribution in [1.82, 2.24) is 4.98 Å². The van der Waals surface area contributed by atoms with Gasteiger partial charge < -0.3 is 11.1 Å². The number of amides is 1. The van der Waals surface area contributed by atoms with Gasteiger partial charge in [-0.25, -0.2) is 4.98 Å². The van der Waals surface area contributed by atoms with Crippen LogP contribution in [0.4, 0.5) is 5.13 Å². The lowest BCUT2D eigenvalue weighted by atomic mass is 10.0. The van der Waals surface area contributed by atoms with Crippen molar-refractivity contribution in [2.24, 2.45) is 11.7 Å². The normalized spacial score (nSPS) is 24.2. The fourth-order valence-corrected chi connectivity index (χ4v) is 3.00. The molecule has 0 spiro atoms. The zero-order valence-electron chi connectivity index (χ0n) is 10.3. The maximum absolute atomic E-state index is 12.0. The number of hydrogen-bond donors (Lipinski definition) is 2. The van der Waals surface area contributed by atoms with E-state index in [0.29, 0.717) is 11.0 Å². The van der Waals surface area contributed by atoms with Gasteiger partial charge in [0.25, 0.3) is 0 Å². The van der Waals surface area contributed by atoms with Gasteiger partial charge >= 0.3 is 0 Å². The fraction of sp³-hybridized carbons (Fsp3) is 0.667. The largest absolute Gasteiger partial charge is 0.327 e. The molecule has 0 radical (unpaired) electrons. The van der Waals surface area contributed by atoms with Gasteiger partial charge in [-0.05, 0) is 18.8 Å². The lowest BCUT2D eigenvalue weighted by Crippen LogP contribution is -2.34. The quantitative estimate of drug-likeness (QED) is 0.868. The Kier molecular flexibility index (Phi) is 3.79. The Hall–Kier alpha value is -0.940. The lowest BCUT2D eigenvalue weighted by Gasteiger charge is -2.13. The van der Waals surface area contributed by atoms with E-state index in [0.717, 1.165) is 25.0 Å². The summed E-state index contributed by atoms with van der Waals surface area (Å²) in [5.74, 6) is 0.381. The first-order valence-corrected chi connectivity index (χ1v) is 6.97. The molecule has 94 valence electrons. The number of carbonyl (C=O) groups excluding carboxylic acids is 1. The molecule has 5 heteroatoms. The van der Waals surface area contributed by atoms with Gasteiger partial charge in [0.1, 0.15) is 0 Å². The summed E-state index contributed by atoms with van der Waals surface area (Å²) in [6.45, 7) is 4.18. The van der Waals surface area contributed by atoms with E-state index in [9.17, 15) is 4.79 Å². The van der Waals surface area contributed by atoms with Crippen LogP contribution in [-0.2, 0) is 4.79 Å². The predicted molar refractivity (Wildman–Crippen MR) is 70.1 cm³/mol. The van der Waals surface area contributed by atoms with Crippen LogP contribution in [0.15, 0.2) is 5.38 Å². The van der Waals surface area contributed by atoms with E-state index < -0.39 is 0 Å². The Morgan fingerprint density at radius 1 is 1.59 bits per heavy atom. The van der Waals surface area contributed by atoms with Crippen molar-refractivity contribution in [3.05, 3.63) is 11.1 Å².